The number of rotatable bonds is 0. The molecule has 3 aliphatic carbocycles. The van der Waals surface area contributed by atoms with E-state index in [1.807, 2.05) is 0 Å². The summed E-state index contributed by atoms with van der Waals surface area (Å²) >= 11 is 0. The van der Waals surface area contributed by atoms with Gasteiger partial charge >= 0.3 is 0 Å². The van der Waals surface area contributed by atoms with Crippen molar-refractivity contribution in [3.63, 3.8) is 0 Å². The molecule has 0 aliphatic heterocycles. The van der Waals surface area contributed by atoms with Gasteiger partial charge < -0.3 is 5.11 Å². The number of hydrogen-bond donors (Lipinski definition) is 1. The molecule has 13 heavy (non-hydrogen) atoms. The quantitative estimate of drug-likeness (QED) is 0.607. The second-order valence-electron chi connectivity index (χ2n) is 5.54. The summed E-state index contributed by atoms with van der Waals surface area (Å²) in [5.41, 5.74) is 0.721. The van der Waals surface area contributed by atoms with Crippen molar-refractivity contribution in [2.24, 2.45) is 17.3 Å². The summed E-state index contributed by atoms with van der Waals surface area (Å²) in [5.74, 6) is 1.78. The normalized spacial score (nSPS) is 47.3. The van der Waals surface area contributed by atoms with Crippen LogP contribution in [0.5, 0.6) is 0 Å². The molecule has 1 heteroatoms. The lowest BCUT2D eigenvalue weighted by Crippen LogP contribution is -2.38. The van der Waals surface area contributed by atoms with Crippen molar-refractivity contribution in [2.45, 2.75) is 57.5 Å². The van der Waals surface area contributed by atoms with Crippen molar-refractivity contribution >= 4 is 0 Å². The van der Waals surface area contributed by atoms with E-state index in [4.69, 9.17) is 0 Å². The lowest BCUT2D eigenvalue weighted by Gasteiger charge is -2.43. The zero-order chi connectivity index (χ0) is 8.89. The third-order valence-electron chi connectivity index (χ3n) is 5.14. The fourth-order valence-electron chi connectivity index (χ4n) is 4.62. The molecule has 3 saturated carbocycles. The molecular weight excluding hydrogens is 160 g/mol. The van der Waals surface area contributed by atoms with E-state index < -0.39 is 0 Å². The van der Waals surface area contributed by atoms with Crippen molar-refractivity contribution in [3.05, 3.63) is 0 Å². The van der Waals surface area contributed by atoms with Crippen LogP contribution in [0, 0.1) is 17.3 Å². The minimum atomic E-state index is 0.0451. The van der Waals surface area contributed by atoms with Crippen LogP contribution in [-0.2, 0) is 0 Å². The molecule has 3 fully saturated rings. The highest BCUT2D eigenvalue weighted by Crippen LogP contribution is 2.62. The predicted molar refractivity (Wildman–Crippen MR) is 52.4 cm³/mol. The van der Waals surface area contributed by atoms with Crippen LogP contribution in [0.15, 0.2) is 0 Å². The first-order chi connectivity index (χ1) is 6.31. The van der Waals surface area contributed by atoms with Gasteiger partial charge in [-0.05, 0) is 55.8 Å². The maximum absolute atomic E-state index is 9.73. The average molecular weight is 180 g/mol. The molecule has 1 spiro atoms. The van der Waals surface area contributed by atoms with Crippen LogP contribution in [0.1, 0.15) is 51.4 Å². The minimum absolute atomic E-state index is 0.0451. The third kappa shape index (κ3) is 1.03. The molecule has 1 unspecified atom stereocenters. The fourth-order valence-corrected chi connectivity index (χ4v) is 4.62. The van der Waals surface area contributed by atoms with Gasteiger partial charge in [0.05, 0.1) is 6.10 Å². The van der Waals surface area contributed by atoms with Crippen molar-refractivity contribution in [1.29, 1.82) is 0 Å². The highest BCUT2D eigenvalue weighted by atomic mass is 16.3. The molecule has 3 aliphatic rings. The van der Waals surface area contributed by atoms with Gasteiger partial charge in [0, 0.05) is 0 Å². The molecule has 0 radical (unpaired) electrons. The van der Waals surface area contributed by atoms with Crippen LogP contribution in [0.2, 0.25) is 0 Å². The van der Waals surface area contributed by atoms with E-state index >= 15 is 0 Å². The molecule has 0 saturated heterocycles. The maximum Gasteiger partial charge on any atom is 0.0546 e. The minimum Gasteiger partial charge on any atom is -0.393 e. The number of aliphatic hydroxyl groups excluding tert-OH is 1. The molecule has 0 amide bonds. The summed E-state index contributed by atoms with van der Waals surface area (Å²) in [6, 6.07) is 0. The van der Waals surface area contributed by atoms with Gasteiger partial charge in [-0.3, -0.25) is 0 Å². The first-order valence-corrected chi connectivity index (χ1v) is 5.99. The molecule has 0 heterocycles. The van der Waals surface area contributed by atoms with Gasteiger partial charge in [-0.1, -0.05) is 12.8 Å². The molecule has 1 nitrogen and oxygen atoms in total. The summed E-state index contributed by atoms with van der Waals surface area (Å²) in [7, 11) is 0. The Bertz CT molecular complexity index is 189. The van der Waals surface area contributed by atoms with E-state index in [0.29, 0.717) is 0 Å². The van der Waals surface area contributed by atoms with Gasteiger partial charge in [0.25, 0.3) is 0 Å². The zero-order valence-electron chi connectivity index (χ0n) is 8.34. The monoisotopic (exact) mass is 180 g/mol. The summed E-state index contributed by atoms with van der Waals surface area (Å²) in [6.45, 7) is 0. The van der Waals surface area contributed by atoms with Crippen molar-refractivity contribution in [1.82, 2.24) is 0 Å². The van der Waals surface area contributed by atoms with Gasteiger partial charge in [0.2, 0.25) is 0 Å². The van der Waals surface area contributed by atoms with E-state index in [-0.39, 0.29) is 6.10 Å². The summed E-state index contributed by atoms with van der Waals surface area (Å²) in [4.78, 5) is 0. The second-order valence-corrected chi connectivity index (χ2v) is 5.54. The molecule has 3 atom stereocenters. The van der Waals surface area contributed by atoms with Crippen LogP contribution >= 0.6 is 0 Å². The highest BCUT2D eigenvalue weighted by Gasteiger charge is 2.54. The van der Waals surface area contributed by atoms with Gasteiger partial charge in [0.15, 0.2) is 0 Å². The Morgan fingerprint density at radius 2 is 1.46 bits per heavy atom. The van der Waals surface area contributed by atoms with Gasteiger partial charge in [-0.25, -0.2) is 0 Å². The molecule has 0 aromatic carbocycles. The standard InChI is InChI=1S/C12H20O/c13-11-7-9-3-4-10(8-11)12(9)5-1-2-6-12/h9-11,13H,1-8H2/t9-,10+,11?. The Hall–Kier alpha value is -0.0400. The van der Waals surface area contributed by atoms with E-state index in [0.717, 1.165) is 30.1 Å². The topological polar surface area (TPSA) is 20.2 Å². The van der Waals surface area contributed by atoms with E-state index in [9.17, 15) is 5.11 Å². The average Bonchev–Trinajstić information content (AvgIpc) is 2.63. The second kappa shape index (κ2) is 2.73. The zero-order valence-corrected chi connectivity index (χ0v) is 8.34. The first kappa shape index (κ1) is 8.28. The number of hydrogen-bond acceptors (Lipinski definition) is 1. The Morgan fingerprint density at radius 3 is 2.00 bits per heavy atom. The van der Waals surface area contributed by atoms with Gasteiger partial charge in [0.1, 0.15) is 0 Å². The van der Waals surface area contributed by atoms with Gasteiger partial charge in [-0.15, -0.1) is 0 Å². The van der Waals surface area contributed by atoms with E-state index in [1.54, 1.807) is 0 Å². The predicted octanol–water partition coefficient (Wildman–Crippen LogP) is 2.73. The first-order valence-electron chi connectivity index (χ1n) is 5.99. The molecule has 2 bridgehead atoms. The lowest BCUT2D eigenvalue weighted by molar-refractivity contribution is 0.000652. The largest absolute Gasteiger partial charge is 0.393 e. The van der Waals surface area contributed by atoms with E-state index in [2.05, 4.69) is 0 Å². The smallest absolute Gasteiger partial charge is 0.0546 e. The van der Waals surface area contributed by atoms with Crippen LogP contribution in [0.3, 0.4) is 0 Å². The summed E-state index contributed by atoms with van der Waals surface area (Å²) in [5, 5.41) is 9.73. The number of aliphatic hydroxyl groups is 1. The van der Waals surface area contributed by atoms with E-state index in [1.165, 1.54) is 38.5 Å². The Labute approximate surface area is 80.5 Å². The summed E-state index contributed by atoms with van der Waals surface area (Å²) in [6.07, 6.45) is 11.0. The SMILES string of the molecule is OC1C[C@H]2CC[C@@H](C1)C21CCCC1. The molecule has 74 valence electrons. The Morgan fingerprint density at radius 1 is 0.923 bits per heavy atom. The third-order valence-corrected chi connectivity index (χ3v) is 5.14. The van der Waals surface area contributed by atoms with Crippen LogP contribution in [0.4, 0.5) is 0 Å². The van der Waals surface area contributed by atoms with Crippen LogP contribution in [0.25, 0.3) is 0 Å². The molecule has 1 N–H and O–H groups in total. The van der Waals surface area contributed by atoms with Crippen LogP contribution < -0.4 is 0 Å². The maximum atomic E-state index is 9.73. The van der Waals surface area contributed by atoms with Crippen molar-refractivity contribution in [3.8, 4) is 0 Å². The molecule has 0 aromatic heterocycles. The van der Waals surface area contributed by atoms with Gasteiger partial charge in [-0.2, -0.15) is 0 Å². The van der Waals surface area contributed by atoms with Crippen LogP contribution in [-0.4, -0.2) is 11.2 Å². The Kier molecular flexibility index (Phi) is 1.74. The summed E-state index contributed by atoms with van der Waals surface area (Å²) < 4.78 is 0. The molecule has 0 aromatic rings. The van der Waals surface area contributed by atoms with Crippen molar-refractivity contribution < 1.29 is 5.11 Å². The molecule has 3 rings (SSSR count). The fraction of sp³-hybridized carbons (Fsp3) is 1.00. The lowest BCUT2D eigenvalue weighted by atomic mass is 9.63. The highest BCUT2D eigenvalue weighted by molar-refractivity contribution is 5.04. The van der Waals surface area contributed by atoms with Crippen molar-refractivity contribution in [2.75, 3.05) is 0 Å². The molecular formula is C12H20O. The Balaban J connectivity index is 1.89.